The van der Waals surface area contributed by atoms with Gasteiger partial charge in [0.15, 0.2) is 0 Å². The van der Waals surface area contributed by atoms with Crippen molar-refractivity contribution in [3.8, 4) is 0 Å². The van der Waals surface area contributed by atoms with Crippen LogP contribution >= 0.6 is 12.4 Å². The second-order valence-corrected chi connectivity index (χ2v) is 5.56. The third-order valence-corrected chi connectivity index (χ3v) is 3.35. The summed E-state index contributed by atoms with van der Waals surface area (Å²) >= 11 is 0. The largest absolute Gasteiger partial charge is 0.416 e. The molecule has 5 nitrogen and oxygen atoms in total. The summed E-state index contributed by atoms with van der Waals surface area (Å²) < 4.78 is 38.4. The first-order valence-electron chi connectivity index (χ1n) is 7.25. The van der Waals surface area contributed by atoms with Crippen LogP contribution in [0.1, 0.15) is 25.3 Å². The lowest BCUT2D eigenvalue weighted by Crippen LogP contribution is -2.30. The highest BCUT2D eigenvalue weighted by atomic mass is 35.5. The summed E-state index contributed by atoms with van der Waals surface area (Å²) in [6.45, 7) is 1.96. The van der Waals surface area contributed by atoms with Crippen LogP contribution in [0.4, 0.5) is 24.5 Å². The molecule has 0 unspecified atom stereocenters. The molecule has 1 aliphatic carbocycles. The van der Waals surface area contributed by atoms with E-state index in [0.717, 1.165) is 31.0 Å². The molecule has 0 atom stereocenters. The van der Waals surface area contributed by atoms with E-state index in [1.54, 1.807) is 0 Å². The SMILES string of the molecule is CC(=O)Nc1ccc(C(F)(F)F)cc1NC(=O)CNCC1CC1.Cl. The van der Waals surface area contributed by atoms with Crippen molar-refractivity contribution in [1.82, 2.24) is 5.32 Å². The Balaban J connectivity index is 0.00000288. The Morgan fingerprint density at radius 2 is 1.83 bits per heavy atom. The number of anilines is 2. The standard InChI is InChI=1S/C15H18F3N3O2.ClH/c1-9(22)20-12-5-4-11(15(16,17)18)6-13(12)21-14(23)8-19-7-10-2-3-10;/h4-6,10,19H,2-3,7-8H2,1H3,(H,20,22)(H,21,23);1H. The molecule has 0 spiro atoms. The van der Waals surface area contributed by atoms with Gasteiger partial charge in [-0.3, -0.25) is 9.59 Å². The molecule has 2 amide bonds. The molecule has 0 aliphatic heterocycles. The van der Waals surface area contributed by atoms with Gasteiger partial charge in [0.1, 0.15) is 0 Å². The van der Waals surface area contributed by atoms with Crippen molar-refractivity contribution in [2.75, 3.05) is 23.7 Å². The third-order valence-electron chi connectivity index (χ3n) is 3.35. The number of benzene rings is 1. The van der Waals surface area contributed by atoms with E-state index in [1.807, 2.05) is 0 Å². The van der Waals surface area contributed by atoms with Crippen molar-refractivity contribution in [3.63, 3.8) is 0 Å². The number of hydrogen-bond donors (Lipinski definition) is 3. The van der Waals surface area contributed by atoms with Crippen LogP contribution in [0.2, 0.25) is 0 Å². The highest BCUT2D eigenvalue weighted by Gasteiger charge is 2.31. The lowest BCUT2D eigenvalue weighted by atomic mass is 10.1. The van der Waals surface area contributed by atoms with Crippen LogP contribution in [0.15, 0.2) is 18.2 Å². The summed E-state index contributed by atoms with van der Waals surface area (Å²) in [6.07, 6.45) is -2.26. The fraction of sp³-hybridized carbons (Fsp3) is 0.467. The number of amides is 2. The van der Waals surface area contributed by atoms with Crippen molar-refractivity contribution in [1.29, 1.82) is 0 Å². The molecule has 9 heteroatoms. The van der Waals surface area contributed by atoms with Crippen molar-refractivity contribution < 1.29 is 22.8 Å². The average molecular weight is 366 g/mol. The molecule has 1 fully saturated rings. The van der Waals surface area contributed by atoms with Gasteiger partial charge in [0, 0.05) is 6.92 Å². The molecule has 1 saturated carbocycles. The zero-order chi connectivity index (χ0) is 17.0. The molecular weight excluding hydrogens is 347 g/mol. The van der Waals surface area contributed by atoms with Gasteiger partial charge in [0.2, 0.25) is 11.8 Å². The summed E-state index contributed by atoms with van der Waals surface area (Å²) in [7, 11) is 0. The summed E-state index contributed by atoms with van der Waals surface area (Å²) in [4.78, 5) is 23.0. The van der Waals surface area contributed by atoms with Crippen LogP contribution in [-0.2, 0) is 15.8 Å². The smallest absolute Gasteiger partial charge is 0.325 e. The molecule has 24 heavy (non-hydrogen) atoms. The molecule has 2 rings (SSSR count). The van der Waals surface area contributed by atoms with E-state index in [-0.39, 0.29) is 30.3 Å². The Labute approximate surface area is 143 Å². The topological polar surface area (TPSA) is 70.2 Å². The van der Waals surface area contributed by atoms with Gasteiger partial charge in [-0.1, -0.05) is 0 Å². The van der Waals surface area contributed by atoms with Crippen LogP contribution in [-0.4, -0.2) is 24.9 Å². The molecule has 0 saturated heterocycles. The van der Waals surface area contributed by atoms with Gasteiger partial charge in [-0.05, 0) is 43.5 Å². The van der Waals surface area contributed by atoms with E-state index in [0.29, 0.717) is 12.5 Å². The van der Waals surface area contributed by atoms with Crippen LogP contribution < -0.4 is 16.0 Å². The number of alkyl halides is 3. The summed E-state index contributed by atoms with van der Waals surface area (Å²) in [5, 5.41) is 7.76. The van der Waals surface area contributed by atoms with Gasteiger partial charge in [-0.15, -0.1) is 12.4 Å². The van der Waals surface area contributed by atoms with Crippen LogP contribution in [0.5, 0.6) is 0 Å². The summed E-state index contributed by atoms with van der Waals surface area (Å²) in [6, 6.07) is 2.79. The highest BCUT2D eigenvalue weighted by molar-refractivity contribution is 5.99. The van der Waals surface area contributed by atoms with E-state index >= 15 is 0 Å². The summed E-state index contributed by atoms with van der Waals surface area (Å²) in [5.41, 5.74) is -0.845. The minimum absolute atomic E-state index is 0. The number of halogens is 4. The Morgan fingerprint density at radius 1 is 1.17 bits per heavy atom. The number of carbonyl (C=O) groups excluding carboxylic acids is 2. The molecule has 0 bridgehead atoms. The number of hydrogen-bond acceptors (Lipinski definition) is 3. The second kappa shape index (κ2) is 8.34. The van der Waals surface area contributed by atoms with E-state index in [9.17, 15) is 22.8 Å². The van der Waals surface area contributed by atoms with Crippen LogP contribution in [0.3, 0.4) is 0 Å². The first-order chi connectivity index (χ1) is 10.8. The molecule has 0 heterocycles. The van der Waals surface area contributed by atoms with E-state index in [4.69, 9.17) is 0 Å². The molecule has 3 N–H and O–H groups in total. The van der Waals surface area contributed by atoms with Gasteiger partial charge in [-0.2, -0.15) is 13.2 Å². The molecule has 0 radical (unpaired) electrons. The molecule has 1 aromatic carbocycles. The van der Waals surface area contributed by atoms with Gasteiger partial charge >= 0.3 is 6.18 Å². The fourth-order valence-electron chi connectivity index (χ4n) is 2.03. The van der Waals surface area contributed by atoms with E-state index in [2.05, 4.69) is 16.0 Å². The Morgan fingerprint density at radius 3 is 2.38 bits per heavy atom. The normalized spacial score (nSPS) is 13.8. The van der Waals surface area contributed by atoms with Gasteiger partial charge in [0.05, 0.1) is 23.5 Å². The Bertz CT molecular complexity index is 604. The molecule has 1 aliphatic rings. The zero-order valence-electron chi connectivity index (χ0n) is 13.0. The monoisotopic (exact) mass is 365 g/mol. The second-order valence-electron chi connectivity index (χ2n) is 5.56. The molecule has 0 aromatic heterocycles. The Kier molecular flexibility index (Phi) is 7.04. The van der Waals surface area contributed by atoms with E-state index < -0.39 is 23.6 Å². The van der Waals surface area contributed by atoms with Crippen molar-refractivity contribution >= 4 is 35.6 Å². The lowest BCUT2D eigenvalue weighted by Gasteiger charge is -2.15. The fourth-order valence-corrected chi connectivity index (χ4v) is 2.03. The van der Waals surface area contributed by atoms with Crippen molar-refractivity contribution in [3.05, 3.63) is 23.8 Å². The maximum Gasteiger partial charge on any atom is 0.416 e. The number of carbonyl (C=O) groups is 2. The average Bonchev–Trinajstić information content (AvgIpc) is 3.23. The van der Waals surface area contributed by atoms with Crippen molar-refractivity contribution in [2.24, 2.45) is 5.92 Å². The van der Waals surface area contributed by atoms with Crippen LogP contribution in [0, 0.1) is 5.92 Å². The predicted molar refractivity (Wildman–Crippen MR) is 87.2 cm³/mol. The first kappa shape index (κ1) is 20.2. The van der Waals surface area contributed by atoms with Crippen molar-refractivity contribution in [2.45, 2.75) is 25.9 Å². The number of nitrogens with one attached hydrogen (secondary N) is 3. The quantitative estimate of drug-likeness (QED) is 0.725. The van der Waals surface area contributed by atoms with Gasteiger partial charge in [-0.25, -0.2) is 0 Å². The summed E-state index contributed by atoms with van der Waals surface area (Å²) in [5.74, 6) is -0.310. The lowest BCUT2D eigenvalue weighted by molar-refractivity contribution is -0.137. The van der Waals surface area contributed by atoms with Gasteiger partial charge < -0.3 is 16.0 Å². The third kappa shape index (κ3) is 6.37. The first-order valence-corrected chi connectivity index (χ1v) is 7.25. The molecule has 134 valence electrons. The minimum atomic E-state index is -4.53. The molecular formula is C15H19ClF3N3O2. The highest BCUT2D eigenvalue weighted by Crippen LogP contribution is 2.34. The van der Waals surface area contributed by atoms with Crippen LogP contribution in [0.25, 0.3) is 0 Å². The minimum Gasteiger partial charge on any atom is -0.325 e. The zero-order valence-corrected chi connectivity index (χ0v) is 13.8. The maximum atomic E-state index is 12.8. The Hall–Kier alpha value is -1.80. The predicted octanol–water partition coefficient (Wildman–Crippen LogP) is 3.02. The van der Waals surface area contributed by atoms with E-state index in [1.165, 1.54) is 6.92 Å². The number of rotatable bonds is 6. The molecule has 1 aromatic rings. The van der Waals surface area contributed by atoms with Gasteiger partial charge in [0.25, 0.3) is 0 Å². The maximum absolute atomic E-state index is 12.8.